The molecule has 0 unspecified atom stereocenters. The highest BCUT2D eigenvalue weighted by molar-refractivity contribution is 5.78. The lowest BCUT2D eigenvalue weighted by Gasteiger charge is -2.29. The van der Waals surface area contributed by atoms with Crippen LogP contribution in [0.2, 0.25) is 0 Å². The number of carbonyl (C=O) groups excluding carboxylic acids is 1. The van der Waals surface area contributed by atoms with Gasteiger partial charge < -0.3 is 14.9 Å². The third kappa shape index (κ3) is 4.43. The number of aliphatic hydroxyl groups excluding tert-OH is 1. The highest BCUT2D eigenvalue weighted by Crippen LogP contribution is 2.20. The molecular weight excluding hydrogens is 306 g/mol. The Morgan fingerprint density at radius 1 is 1.42 bits per heavy atom. The number of nitrogens with zero attached hydrogens (tertiary/aromatic N) is 2. The summed E-state index contributed by atoms with van der Waals surface area (Å²) < 4.78 is 5.34. The molecule has 0 radical (unpaired) electrons. The number of aliphatic hydroxyl groups is 1. The van der Waals surface area contributed by atoms with Crippen molar-refractivity contribution < 1.29 is 14.4 Å². The lowest BCUT2D eigenvalue weighted by Crippen LogP contribution is -2.44. The van der Waals surface area contributed by atoms with E-state index in [2.05, 4.69) is 10.5 Å². The van der Waals surface area contributed by atoms with Gasteiger partial charge in [-0.25, -0.2) is 0 Å². The number of amides is 1. The van der Waals surface area contributed by atoms with Crippen LogP contribution in [0.25, 0.3) is 11.3 Å². The predicted octanol–water partition coefficient (Wildman–Crippen LogP) is 1.72. The van der Waals surface area contributed by atoms with E-state index in [1.54, 1.807) is 0 Å². The predicted molar refractivity (Wildman–Crippen MR) is 90.2 cm³/mol. The highest BCUT2D eigenvalue weighted by Gasteiger charge is 2.19. The van der Waals surface area contributed by atoms with Gasteiger partial charge in [0.1, 0.15) is 5.69 Å². The van der Waals surface area contributed by atoms with Crippen molar-refractivity contribution >= 4 is 5.91 Å². The first-order chi connectivity index (χ1) is 11.6. The minimum atomic E-state index is -0.320. The molecule has 2 heterocycles. The van der Waals surface area contributed by atoms with Crippen molar-refractivity contribution in [3.05, 3.63) is 41.6 Å². The zero-order valence-electron chi connectivity index (χ0n) is 13.9. The monoisotopic (exact) mass is 329 g/mol. The Labute approximate surface area is 141 Å². The average molecular weight is 329 g/mol. The maximum Gasteiger partial charge on any atom is 0.234 e. The summed E-state index contributed by atoms with van der Waals surface area (Å²) in [5.41, 5.74) is 2.85. The summed E-state index contributed by atoms with van der Waals surface area (Å²) in [6.07, 6.45) is 1.43. The molecule has 128 valence electrons. The summed E-state index contributed by atoms with van der Waals surface area (Å²) in [6.45, 7) is 4.09. The Morgan fingerprint density at radius 2 is 2.21 bits per heavy atom. The van der Waals surface area contributed by atoms with Crippen LogP contribution in [-0.4, -0.2) is 46.8 Å². The van der Waals surface area contributed by atoms with Gasteiger partial charge in [-0.3, -0.25) is 9.69 Å². The molecule has 1 saturated heterocycles. The molecule has 2 aromatic rings. The molecule has 0 saturated carbocycles. The fourth-order valence-corrected chi connectivity index (χ4v) is 2.87. The third-order valence-electron chi connectivity index (χ3n) is 4.21. The number of hydrogen-bond donors (Lipinski definition) is 2. The molecule has 1 aromatic heterocycles. The van der Waals surface area contributed by atoms with Crippen LogP contribution >= 0.6 is 0 Å². The van der Waals surface area contributed by atoms with Crippen molar-refractivity contribution in [1.82, 2.24) is 15.4 Å². The molecule has 0 aliphatic carbocycles. The fraction of sp³-hybridized carbons (Fsp3) is 0.444. The first-order valence-electron chi connectivity index (χ1n) is 8.30. The average Bonchev–Trinajstić information content (AvgIpc) is 3.03. The molecule has 6 heteroatoms. The van der Waals surface area contributed by atoms with Crippen LogP contribution in [0.5, 0.6) is 0 Å². The van der Waals surface area contributed by atoms with E-state index < -0.39 is 0 Å². The van der Waals surface area contributed by atoms with Gasteiger partial charge >= 0.3 is 0 Å². The molecule has 6 nitrogen and oxygen atoms in total. The highest BCUT2D eigenvalue weighted by atomic mass is 16.5. The fourth-order valence-electron chi connectivity index (χ4n) is 2.87. The molecule has 1 aliphatic rings. The summed E-state index contributed by atoms with van der Waals surface area (Å²) in [6, 6.07) is 9.86. The van der Waals surface area contributed by atoms with Gasteiger partial charge in [0, 0.05) is 18.2 Å². The number of aryl methyl sites for hydroxylation is 1. The molecule has 2 N–H and O–H groups in total. The molecular formula is C18H23N3O3. The Balaban J connectivity index is 1.50. The Kier molecular flexibility index (Phi) is 5.27. The summed E-state index contributed by atoms with van der Waals surface area (Å²) in [5.74, 6) is 0.627. The zero-order chi connectivity index (χ0) is 16.9. The van der Waals surface area contributed by atoms with Crippen molar-refractivity contribution in [2.24, 2.45) is 0 Å². The second-order valence-corrected chi connectivity index (χ2v) is 6.36. The van der Waals surface area contributed by atoms with E-state index in [1.165, 1.54) is 5.56 Å². The number of likely N-dealkylation sites (tertiary alicyclic amines) is 1. The topological polar surface area (TPSA) is 78.6 Å². The van der Waals surface area contributed by atoms with Crippen LogP contribution < -0.4 is 5.32 Å². The molecule has 1 amide bonds. The minimum absolute atomic E-state index is 0.0658. The van der Waals surface area contributed by atoms with Crippen LogP contribution in [-0.2, 0) is 11.3 Å². The maximum absolute atomic E-state index is 12.0. The number of carbonyl (C=O) groups is 1. The van der Waals surface area contributed by atoms with Crippen molar-refractivity contribution in [1.29, 1.82) is 0 Å². The summed E-state index contributed by atoms with van der Waals surface area (Å²) in [4.78, 5) is 14.0. The van der Waals surface area contributed by atoms with Gasteiger partial charge in [-0.1, -0.05) is 35.0 Å². The van der Waals surface area contributed by atoms with E-state index in [4.69, 9.17) is 4.52 Å². The Morgan fingerprint density at radius 3 is 2.96 bits per heavy atom. The normalized spacial score (nSPS) is 18.5. The summed E-state index contributed by atoms with van der Waals surface area (Å²) in [7, 11) is 0. The van der Waals surface area contributed by atoms with Crippen LogP contribution in [0, 0.1) is 6.92 Å². The van der Waals surface area contributed by atoms with Gasteiger partial charge in [-0.15, -0.1) is 0 Å². The van der Waals surface area contributed by atoms with Crippen LogP contribution in [0.15, 0.2) is 34.9 Å². The maximum atomic E-state index is 12.0. The molecule has 1 aromatic carbocycles. The molecule has 1 fully saturated rings. The number of aromatic nitrogens is 1. The molecule has 0 spiro atoms. The number of nitrogens with one attached hydrogen (secondary N) is 1. The molecule has 0 bridgehead atoms. The minimum Gasteiger partial charge on any atom is -0.392 e. The third-order valence-corrected chi connectivity index (χ3v) is 4.21. The summed E-state index contributed by atoms with van der Waals surface area (Å²) in [5, 5.41) is 16.5. The van der Waals surface area contributed by atoms with Gasteiger partial charge in [0.2, 0.25) is 5.91 Å². The lowest BCUT2D eigenvalue weighted by atomic mass is 10.1. The standard InChI is InChI=1S/C18H23N3O3/c1-13-4-6-14(7-5-13)17-9-15(20-24-17)10-19-18(23)12-21-8-2-3-16(22)11-21/h4-7,9,16,22H,2-3,8,10-12H2,1H3,(H,19,23)/t16-/m1/s1. The Hall–Kier alpha value is -2.18. The van der Waals surface area contributed by atoms with E-state index in [0.29, 0.717) is 31.1 Å². The number of β-amino-alcohol motifs (C(OH)–C–C–N with tert-alkyl or cyclic N) is 1. The van der Waals surface area contributed by atoms with Crippen molar-refractivity contribution in [2.75, 3.05) is 19.6 Å². The quantitative estimate of drug-likeness (QED) is 0.873. The number of piperidine rings is 1. The number of benzene rings is 1. The van der Waals surface area contributed by atoms with Gasteiger partial charge in [0.05, 0.1) is 19.2 Å². The van der Waals surface area contributed by atoms with Crippen LogP contribution in [0.1, 0.15) is 24.1 Å². The van der Waals surface area contributed by atoms with Crippen LogP contribution in [0.3, 0.4) is 0 Å². The van der Waals surface area contributed by atoms with Crippen molar-refractivity contribution in [3.8, 4) is 11.3 Å². The second-order valence-electron chi connectivity index (χ2n) is 6.36. The van der Waals surface area contributed by atoms with Gasteiger partial charge in [-0.2, -0.15) is 0 Å². The van der Waals surface area contributed by atoms with Gasteiger partial charge in [0.25, 0.3) is 0 Å². The smallest absolute Gasteiger partial charge is 0.234 e. The lowest BCUT2D eigenvalue weighted by molar-refractivity contribution is -0.123. The second kappa shape index (κ2) is 7.59. The van der Waals surface area contributed by atoms with Crippen molar-refractivity contribution in [3.63, 3.8) is 0 Å². The first-order valence-corrected chi connectivity index (χ1v) is 8.30. The van der Waals surface area contributed by atoms with Gasteiger partial charge in [0.15, 0.2) is 5.76 Å². The SMILES string of the molecule is Cc1ccc(-c2cc(CNC(=O)CN3CCC[C@@H](O)C3)no2)cc1. The van der Waals surface area contributed by atoms with E-state index in [-0.39, 0.29) is 12.0 Å². The van der Waals surface area contributed by atoms with E-state index >= 15 is 0 Å². The largest absolute Gasteiger partial charge is 0.392 e. The first kappa shape index (κ1) is 16.7. The van der Waals surface area contributed by atoms with E-state index in [1.807, 2.05) is 42.2 Å². The summed E-state index contributed by atoms with van der Waals surface area (Å²) >= 11 is 0. The van der Waals surface area contributed by atoms with Crippen LogP contribution in [0.4, 0.5) is 0 Å². The van der Waals surface area contributed by atoms with Crippen molar-refractivity contribution in [2.45, 2.75) is 32.4 Å². The molecule has 24 heavy (non-hydrogen) atoms. The Bertz CT molecular complexity index is 681. The zero-order valence-corrected chi connectivity index (χ0v) is 13.9. The molecule has 1 atom stereocenters. The number of rotatable bonds is 5. The molecule has 1 aliphatic heterocycles. The van der Waals surface area contributed by atoms with E-state index in [0.717, 1.165) is 24.9 Å². The van der Waals surface area contributed by atoms with E-state index in [9.17, 15) is 9.90 Å². The van der Waals surface area contributed by atoms with Gasteiger partial charge in [-0.05, 0) is 26.3 Å². The number of hydrogen-bond acceptors (Lipinski definition) is 5. The molecule has 3 rings (SSSR count).